The summed E-state index contributed by atoms with van der Waals surface area (Å²) >= 11 is 0. The lowest BCUT2D eigenvalue weighted by atomic mass is 10.1. The van der Waals surface area contributed by atoms with Crippen LogP contribution in [0.1, 0.15) is 24.5 Å². The van der Waals surface area contributed by atoms with Gasteiger partial charge < -0.3 is 10.6 Å². The van der Waals surface area contributed by atoms with E-state index >= 15 is 0 Å². The average Bonchev–Trinajstić information content (AvgIpc) is 2.98. The molecular formula is C18H27F4IN4. The molecule has 2 rings (SSSR count). The lowest BCUT2D eigenvalue weighted by Crippen LogP contribution is -2.40. The third-order valence-corrected chi connectivity index (χ3v) is 4.32. The highest BCUT2D eigenvalue weighted by Crippen LogP contribution is 2.22. The number of nitrogens with zero attached hydrogens (tertiary/aromatic N) is 2. The highest BCUT2D eigenvalue weighted by Gasteiger charge is 2.34. The first-order chi connectivity index (χ1) is 12.3. The molecule has 1 saturated heterocycles. The second-order valence-corrected chi connectivity index (χ2v) is 6.66. The molecule has 1 aromatic carbocycles. The van der Waals surface area contributed by atoms with Gasteiger partial charge in [-0.1, -0.05) is 12.1 Å². The van der Waals surface area contributed by atoms with Gasteiger partial charge in [0.2, 0.25) is 0 Å². The molecule has 0 bridgehead atoms. The van der Waals surface area contributed by atoms with Gasteiger partial charge in [-0.25, -0.2) is 9.38 Å². The smallest absolute Gasteiger partial charge is 0.357 e. The Labute approximate surface area is 174 Å². The Morgan fingerprint density at radius 3 is 2.67 bits per heavy atom. The number of rotatable bonds is 6. The predicted octanol–water partition coefficient (Wildman–Crippen LogP) is 3.69. The van der Waals surface area contributed by atoms with Gasteiger partial charge in [0.05, 0.1) is 13.1 Å². The number of aryl methyl sites for hydroxylation is 1. The standard InChI is InChI=1S/C18H26F4N4.HI/c1-3-23-17(24-9-14-4-5-16(19)13(2)8-14)25-10-15-6-7-26(11-15)12-18(20,21)22;/h4-5,8,15H,3,6-7,9-12H2,1-2H3,(H2,23,24,25);1H. The molecule has 1 aliphatic heterocycles. The van der Waals surface area contributed by atoms with Crippen molar-refractivity contribution in [2.24, 2.45) is 10.9 Å². The van der Waals surface area contributed by atoms with Crippen molar-refractivity contribution in [1.82, 2.24) is 15.5 Å². The molecule has 0 spiro atoms. The largest absolute Gasteiger partial charge is 0.401 e. The zero-order valence-corrected chi connectivity index (χ0v) is 17.9. The highest BCUT2D eigenvalue weighted by molar-refractivity contribution is 14.0. The molecule has 1 aliphatic rings. The van der Waals surface area contributed by atoms with E-state index in [1.54, 1.807) is 19.1 Å². The molecule has 9 heteroatoms. The number of hydrogen-bond donors (Lipinski definition) is 2. The maximum absolute atomic E-state index is 13.3. The summed E-state index contributed by atoms with van der Waals surface area (Å²) in [6.45, 7) is 5.36. The lowest BCUT2D eigenvalue weighted by molar-refractivity contribution is -0.143. The Balaban J connectivity index is 0.00000364. The van der Waals surface area contributed by atoms with Crippen LogP contribution < -0.4 is 10.6 Å². The molecule has 1 aromatic rings. The molecular weight excluding hydrogens is 475 g/mol. The van der Waals surface area contributed by atoms with Crippen LogP contribution in [0.25, 0.3) is 0 Å². The molecule has 0 radical (unpaired) electrons. The van der Waals surface area contributed by atoms with Gasteiger partial charge in [-0.05, 0) is 49.9 Å². The summed E-state index contributed by atoms with van der Waals surface area (Å²) in [5.41, 5.74) is 1.48. The predicted molar refractivity (Wildman–Crippen MR) is 110 cm³/mol. The van der Waals surface area contributed by atoms with Gasteiger partial charge in [0.25, 0.3) is 0 Å². The zero-order chi connectivity index (χ0) is 19.2. The number of likely N-dealkylation sites (tertiary alicyclic amines) is 1. The zero-order valence-electron chi connectivity index (χ0n) is 15.6. The Morgan fingerprint density at radius 2 is 2.04 bits per heavy atom. The Bertz CT molecular complexity index is 622. The topological polar surface area (TPSA) is 39.7 Å². The summed E-state index contributed by atoms with van der Waals surface area (Å²) in [6, 6.07) is 4.88. The van der Waals surface area contributed by atoms with Gasteiger partial charge in [0, 0.05) is 19.6 Å². The summed E-state index contributed by atoms with van der Waals surface area (Å²) in [7, 11) is 0. The van der Waals surface area contributed by atoms with Crippen molar-refractivity contribution in [2.75, 3.05) is 32.7 Å². The molecule has 1 fully saturated rings. The SMILES string of the molecule is CCNC(=NCc1ccc(F)c(C)c1)NCC1CCN(CC(F)(F)F)C1.I. The van der Waals surface area contributed by atoms with Gasteiger partial charge in [0.1, 0.15) is 5.82 Å². The van der Waals surface area contributed by atoms with Crippen LogP contribution in [0.5, 0.6) is 0 Å². The van der Waals surface area contributed by atoms with Crippen molar-refractivity contribution in [3.63, 3.8) is 0 Å². The van der Waals surface area contributed by atoms with E-state index in [-0.39, 0.29) is 35.7 Å². The number of halogens is 5. The van der Waals surface area contributed by atoms with Crippen LogP contribution in [0, 0.1) is 18.7 Å². The number of alkyl halides is 3. The van der Waals surface area contributed by atoms with E-state index in [2.05, 4.69) is 15.6 Å². The minimum absolute atomic E-state index is 0. The number of benzene rings is 1. The number of nitrogens with one attached hydrogen (secondary N) is 2. The third kappa shape index (κ3) is 8.63. The van der Waals surface area contributed by atoms with E-state index in [0.29, 0.717) is 44.2 Å². The third-order valence-electron chi connectivity index (χ3n) is 4.32. The molecule has 4 nitrogen and oxygen atoms in total. The van der Waals surface area contributed by atoms with Crippen molar-refractivity contribution in [1.29, 1.82) is 0 Å². The highest BCUT2D eigenvalue weighted by atomic mass is 127. The second kappa shape index (κ2) is 11.0. The molecule has 0 saturated carbocycles. The van der Waals surface area contributed by atoms with Gasteiger partial charge in [-0.3, -0.25) is 4.90 Å². The molecule has 0 amide bonds. The van der Waals surface area contributed by atoms with E-state index < -0.39 is 12.7 Å². The summed E-state index contributed by atoms with van der Waals surface area (Å²) in [6.07, 6.45) is -3.41. The number of guanidine groups is 1. The van der Waals surface area contributed by atoms with E-state index in [9.17, 15) is 17.6 Å². The molecule has 0 aliphatic carbocycles. The molecule has 27 heavy (non-hydrogen) atoms. The lowest BCUT2D eigenvalue weighted by Gasteiger charge is -2.18. The molecule has 154 valence electrons. The van der Waals surface area contributed by atoms with Crippen LogP contribution >= 0.6 is 24.0 Å². The van der Waals surface area contributed by atoms with Crippen LogP contribution in [0.4, 0.5) is 17.6 Å². The molecule has 2 N–H and O–H groups in total. The molecule has 1 heterocycles. The fourth-order valence-corrected chi connectivity index (χ4v) is 3.03. The van der Waals surface area contributed by atoms with E-state index in [0.717, 1.165) is 12.0 Å². The summed E-state index contributed by atoms with van der Waals surface area (Å²) in [4.78, 5) is 5.91. The van der Waals surface area contributed by atoms with Gasteiger partial charge in [0.15, 0.2) is 5.96 Å². The van der Waals surface area contributed by atoms with Gasteiger partial charge in [-0.2, -0.15) is 13.2 Å². The fourth-order valence-electron chi connectivity index (χ4n) is 3.03. The maximum atomic E-state index is 13.3. The van der Waals surface area contributed by atoms with Crippen LogP contribution in [0.15, 0.2) is 23.2 Å². The van der Waals surface area contributed by atoms with Gasteiger partial charge >= 0.3 is 6.18 Å². The van der Waals surface area contributed by atoms with Crippen molar-refractivity contribution in [3.8, 4) is 0 Å². The Morgan fingerprint density at radius 1 is 1.30 bits per heavy atom. The van der Waals surface area contributed by atoms with E-state index in [4.69, 9.17) is 0 Å². The monoisotopic (exact) mass is 502 g/mol. The molecule has 1 atom stereocenters. The van der Waals surface area contributed by atoms with E-state index in [1.807, 2.05) is 6.92 Å². The van der Waals surface area contributed by atoms with Crippen LogP contribution in [0.3, 0.4) is 0 Å². The van der Waals surface area contributed by atoms with Crippen molar-refractivity contribution in [2.45, 2.75) is 33.0 Å². The Kier molecular flexibility index (Phi) is 9.78. The van der Waals surface area contributed by atoms with Crippen LogP contribution in [0.2, 0.25) is 0 Å². The first-order valence-corrected chi connectivity index (χ1v) is 8.83. The number of aliphatic imine (C=N–C) groups is 1. The van der Waals surface area contributed by atoms with Crippen molar-refractivity contribution in [3.05, 3.63) is 35.1 Å². The summed E-state index contributed by atoms with van der Waals surface area (Å²) in [5.74, 6) is 0.533. The maximum Gasteiger partial charge on any atom is 0.401 e. The summed E-state index contributed by atoms with van der Waals surface area (Å²) in [5, 5.41) is 6.32. The summed E-state index contributed by atoms with van der Waals surface area (Å²) < 4.78 is 50.7. The molecule has 0 aromatic heterocycles. The van der Waals surface area contributed by atoms with Crippen molar-refractivity contribution >= 4 is 29.9 Å². The normalized spacial score (nSPS) is 18.3. The first-order valence-electron chi connectivity index (χ1n) is 8.83. The quantitative estimate of drug-likeness (QED) is 0.270. The molecule has 1 unspecified atom stereocenters. The average molecular weight is 502 g/mol. The van der Waals surface area contributed by atoms with Crippen LogP contribution in [-0.2, 0) is 6.54 Å². The first kappa shape index (κ1) is 23.9. The Hall–Kier alpha value is -1.10. The minimum Gasteiger partial charge on any atom is -0.357 e. The van der Waals surface area contributed by atoms with Crippen molar-refractivity contribution < 1.29 is 17.6 Å². The van der Waals surface area contributed by atoms with Crippen LogP contribution in [-0.4, -0.2) is 49.8 Å². The fraction of sp³-hybridized carbons (Fsp3) is 0.611. The minimum atomic E-state index is -4.15. The van der Waals surface area contributed by atoms with Gasteiger partial charge in [-0.15, -0.1) is 24.0 Å². The second-order valence-electron chi connectivity index (χ2n) is 6.66. The number of hydrogen-bond acceptors (Lipinski definition) is 2. The van der Waals surface area contributed by atoms with E-state index in [1.165, 1.54) is 11.0 Å².